The number of nitrogens with zero attached hydrogens (tertiary/aromatic N) is 2. The van der Waals surface area contributed by atoms with Crippen LogP contribution < -0.4 is 4.90 Å². The summed E-state index contributed by atoms with van der Waals surface area (Å²) < 4.78 is 0. The topological polar surface area (TPSA) is 27.0 Å². The molecule has 1 aliphatic carbocycles. The smallest absolute Gasteiger partial charge is 0.100 e. The molecule has 0 saturated carbocycles. The van der Waals surface area contributed by atoms with E-state index in [1.165, 1.54) is 42.0 Å². The summed E-state index contributed by atoms with van der Waals surface area (Å²) in [6.45, 7) is 1.06. The first-order chi connectivity index (χ1) is 11.9. The van der Waals surface area contributed by atoms with Crippen LogP contribution in [0.1, 0.15) is 31.2 Å². The Bertz CT molecular complexity index is 804. The van der Waals surface area contributed by atoms with Gasteiger partial charge >= 0.3 is 0 Å². The van der Waals surface area contributed by atoms with E-state index in [4.69, 9.17) is 0 Å². The highest BCUT2D eigenvalue weighted by atomic mass is 32.2. The zero-order valence-corrected chi connectivity index (χ0v) is 14.4. The van der Waals surface area contributed by atoms with Crippen LogP contribution in [0.2, 0.25) is 0 Å². The molecule has 120 valence electrons. The van der Waals surface area contributed by atoms with Crippen molar-refractivity contribution in [3.05, 3.63) is 65.9 Å². The number of hydrogen-bond acceptors (Lipinski definition) is 3. The Morgan fingerprint density at radius 3 is 2.75 bits per heavy atom. The number of hydrogen-bond donors (Lipinski definition) is 0. The van der Waals surface area contributed by atoms with Crippen molar-refractivity contribution in [2.75, 3.05) is 11.4 Å². The highest BCUT2D eigenvalue weighted by Gasteiger charge is 2.31. The molecule has 0 radical (unpaired) electrons. The minimum absolute atomic E-state index is 0.707. The molecular formula is C21H20N2S. The predicted molar refractivity (Wildman–Crippen MR) is 99.1 cm³/mol. The molecular weight excluding hydrogens is 312 g/mol. The van der Waals surface area contributed by atoms with E-state index in [2.05, 4.69) is 35.2 Å². The van der Waals surface area contributed by atoms with Crippen molar-refractivity contribution in [1.29, 1.82) is 5.26 Å². The fourth-order valence-electron chi connectivity index (χ4n) is 3.76. The number of rotatable bonds is 3. The van der Waals surface area contributed by atoms with Crippen molar-refractivity contribution >= 4 is 17.4 Å². The average Bonchev–Trinajstić information content (AvgIpc) is 3.07. The second-order valence-corrected chi connectivity index (χ2v) is 7.46. The van der Waals surface area contributed by atoms with Gasteiger partial charge in [-0.3, -0.25) is 0 Å². The van der Waals surface area contributed by atoms with E-state index < -0.39 is 0 Å². The van der Waals surface area contributed by atoms with Crippen LogP contribution in [0.5, 0.6) is 0 Å². The maximum Gasteiger partial charge on any atom is 0.100 e. The average molecular weight is 332 g/mol. The minimum Gasteiger partial charge on any atom is -0.344 e. The van der Waals surface area contributed by atoms with Gasteiger partial charge < -0.3 is 4.90 Å². The van der Waals surface area contributed by atoms with Crippen LogP contribution in [0.4, 0.5) is 5.69 Å². The van der Waals surface area contributed by atoms with Gasteiger partial charge in [-0.2, -0.15) is 5.26 Å². The van der Waals surface area contributed by atoms with Gasteiger partial charge in [0.2, 0.25) is 0 Å². The molecule has 0 aromatic heterocycles. The first kappa shape index (κ1) is 15.4. The Balaban J connectivity index is 1.76. The Hall–Kier alpha value is -2.18. The van der Waals surface area contributed by atoms with E-state index in [0.717, 1.165) is 17.0 Å². The summed E-state index contributed by atoms with van der Waals surface area (Å²) >= 11 is 1.70. The largest absolute Gasteiger partial charge is 0.344 e. The van der Waals surface area contributed by atoms with Gasteiger partial charge in [-0.1, -0.05) is 42.1 Å². The van der Waals surface area contributed by atoms with Crippen LogP contribution in [0.15, 0.2) is 70.1 Å². The highest BCUT2D eigenvalue weighted by Crippen LogP contribution is 2.44. The van der Waals surface area contributed by atoms with Gasteiger partial charge in [0.25, 0.3) is 0 Å². The molecule has 0 N–H and O–H groups in total. The summed E-state index contributed by atoms with van der Waals surface area (Å²) in [5, 5.41) is 9.60. The second kappa shape index (κ2) is 6.75. The molecule has 2 aromatic carbocycles. The quantitative estimate of drug-likeness (QED) is 0.731. The van der Waals surface area contributed by atoms with Crippen LogP contribution in [0.3, 0.4) is 0 Å². The normalized spacial score (nSPS) is 19.5. The van der Waals surface area contributed by atoms with E-state index in [0.29, 0.717) is 5.92 Å². The van der Waals surface area contributed by atoms with E-state index >= 15 is 0 Å². The van der Waals surface area contributed by atoms with Crippen LogP contribution in [0.25, 0.3) is 0 Å². The van der Waals surface area contributed by atoms with Gasteiger partial charge in [-0.05, 0) is 49.9 Å². The standard InChI is InChI=1S/C21H20N2S/c22-15-17-8-6-12-20(21(17)24-18-9-2-1-3-10-18)23-14-13-16-7-4-5-11-19(16)23/h1-3,6,8-12,16H,4-5,7,13-14H2. The molecule has 1 heterocycles. The Morgan fingerprint density at radius 2 is 1.92 bits per heavy atom. The summed E-state index contributed by atoms with van der Waals surface area (Å²) in [6, 6.07) is 18.8. The number of anilines is 1. The van der Waals surface area contributed by atoms with Crippen molar-refractivity contribution < 1.29 is 0 Å². The van der Waals surface area contributed by atoms with Crippen LogP contribution >= 0.6 is 11.8 Å². The van der Waals surface area contributed by atoms with Crippen LogP contribution in [-0.4, -0.2) is 6.54 Å². The summed E-state index contributed by atoms with van der Waals surface area (Å²) in [4.78, 5) is 4.71. The Morgan fingerprint density at radius 1 is 1.04 bits per heavy atom. The molecule has 2 aromatic rings. The summed E-state index contributed by atoms with van der Waals surface area (Å²) in [5.41, 5.74) is 3.44. The van der Waals surface area contributed by atoms with Crippen molar-refractivity contribution in [1.82, 2.24) is 0 Å². The van der Waals surface area contributed by atoms with Crippen molar-refractivity contribution in [3.8, 4) is 6.07 Å². The maximum atomic E-state index is 9.60. The zero-order chi connectivity index (χ0) is 16.4. The lowest BCUT2D eigenvalue weighted by molar-refractivity contribution is 0.532. The molecule has 2 nitrogen and oxygen atoms in total. The predicted octanol–water partition coefficient (Wildman–Crippen LogP) is 5.60. The van der Waals surface area contributed by atoms with Gasteiger partial charge in [-0.15, -0.1) is 0 Å². The zero-order valence-electron chi connectivity index (χ0n) is 13.6. The summed E-state index contributed by atoms with van der Waals surface area (Å²) in [5.74, 6) is 0.707. The molecule has 1 fully saturated rings. The third kappa shape index (κ3) is 2.83. The minimum atomic E-state index is 0.707. The third-order valence-electron chi connectivity index (χ3n) is 4.91. The van der Waals surface area contributed by atoms with Gasteiger partial charge in [-0.25, -0.2) is 0 Å². The molecule has 1 unspecified atom stereocenters. The van der Waals surface area contributed by atoms with E-state index in [1.54, 1.807) is 11.8 Å². The lowest BCUT2D eigenvalue weighted by Gasteiger charge is -2.27. The molecule has 24 heavy (non-hydrogen) atoms. The molecule has 1 atom stereocenters. The first-order valence-electron chi connectivity index (χ1n) is 8.60. The fourth-order valence-corrected chi connectivity index (χ4v) is 4.80. The van der Waals surface area contributed by atoms with Crippen LogP contribution in [-0.2, 0) is 0 Å². The molecule has 4 rings (SSSR count). The molecule has 0 spiro atoms. The molecule has 0 bridgehead atoms. The number of benzene rings is 2. The first-order valence-corrected chi connectivity index (χ1v) is 9.42. The number of nitriles is 1. The van der Waals surface area contributed by atoms with E-state index in [-0.39, 0.29) is 0 Å². The molecule has 3 heteroatoms. The Labute approximate surface area is 147 Å². The Kier molecular flexibility index (Phi) is 4.32. The summed E-state index contributed by atoms with van der Waals surface area (Å²) in [7, 11) is 0. The number of fused-ring (bicyclic) bond motifs is 1. The maximum absolute atomic E-state index is 9.60. The van der Waals surface area contributed by atoms with Crippen molar-refractivity contribution in [2.45, 2.75) is 35.5 Å². The van der Waals surface area contributed by atoms with Crippen molar-refractivity contribution in [3.63, 3.8) is 0 Å². The fraction of sp³-hybridized carbons (Fsp3) is 0.286. The van der Waals surface area contributed by atoms with Gasteiger partial charge in [0.15, 0.2) is 0 Å². The lowest BCUT2D eigenvalue weighted by Crippen LogP contribution is -2.20. The highest BCUT2D eigenvalue weighted by molar-refractivity contribution is 7.99. The summed E-state index contributed by atoms with van der Waals surface area (Å²) in [6.07, 6.45) is 7.45. The van der Waals surface area contributed by atoms with Crippen LogP contribution in [0, 0.1) is 17.2 Å². The third-order valence-corrected chi connectivity index (χ3v) is 6.05. The monoisotopic (exact) mass is 332 g/mol. The van der Waals surface area contributed by atoms with Crippen molar-refractivity contribution in [2.24, 2.45) is 5.92 Å². The molecule has 0 amide bonds. The van der Waals surface area contributed by atoms with Gasteiger partial charge in [0, 0.05) is 23.1 Å². The molecule has 2 aliphatic rings. The SMILES string of the molecule is N#Cc1cccc(N2CCC3CCCC=C32)c1Sc1ccccc1. The second-order valence-electron chi connectivity index (χ2n) is 6.38. The molecule has 1 aliphatic heterocycles. The van der Waals surface area contributed by atoms with E-state index in [1.807, 2.05) is 30.3 Å². The lowest BCUT2D eigenvalue weighted by atomic mass is 9.92. The van der Waals surface area contributed by atoms with Gasteiger partial charge in [0.1, 0.15) is 6.07 Å². The number of allylic oxidation sites excluding steroid dienone is 2. The van der Waals surface area contributed by atoms with Gasteiger partial charge in [0.05, 0.1) is 16.1 Å². The molecule has 1 saturated heterocycles. The van der Waals surface area contributed by atoms with E-state index in [9.17, 15) is 5.26 Å².